The van der Waals surface area contributed by atoms with Crippen LogP contribution in [0.5, 0.6) is 0 Å². The fraction of sp³-hybridized carbons (Fsp3) is 0.500. The Hall–Kier alpha value is -1.75. The normalized spacial score (nSPS) is 15.5. The van der Waals surface area contributed by atoms with Gasteiger partial charge in [0.2, 0.25) is 5.91 Å². The van der Waals surface area contributed by atoms with Crippen LogP contribution >= 0.6 is 11.6 Å². The highest BCUT2D eigenvalue weighted by atomic mass is 35.5. The minimum Gasteiger partial charge on any atom is -0.331 e. The van der Waals surface area contributed by atoms with Crippen molar-refractivity contribution in [3.63, 3.8) is 0 Å². The summed E-state index contributed by atoms with van der Waals surface area (Å²) < 4.78 is 0. The summed E-state index contributed by atoms with van der Waals surface area (Å²) in [6.07, 6.45) is 1.37. The van der Waals surface area contributed by atoms with Gasteiger partial charge in [-0.15, -0.1) is 0 Å². The molecule has 6 heteroatoms. The highest BCUT2D eigenvalue weighted by Crippen LogP contribution is 2.23. The third-order valence-electron chi connectivity index (χ3n) is 3.98. The number of likely N-dealkylation sites (tertiary alicyclic amines) is 1. The second-order valence-electron chi connectivity index (χ2n) is 5.89. The summed E-state index contributed by atoms with van der Waals surface area (Å²) in [5.41, 5.74) is 1.74. The Morgan fingerprint density at radius 3 is 2.50 bits per heavy atom. The van der Waals surface area contributed by atoms with Crippen molar-refractivity contribution in [3.05, 3.63) is 28.8 Å². The van der Waals surface area contributed by atoms with Crippen molar-refractivity contribution < 1.29 is 9.59 Å². The number of hydrogen-bond acceptors (Lipinski definition) is 2. The molecule has 5 nitrogen and oxygen atoms in total. The molecule has 1 aliphatic heterocycles. The molecule has 1 saturated heterocycles. The fourth-order valence-electron chi connectivity index (χ4n) is 2.58. The molecule has 1 aromatic rings. The van der Waals surface area contributed by atoms with E-state index in [2.05, 4.69) is 5.32 Å². The maximum atomic E-state index is 12.4. The van der Waals surface area contributed by atoms with Crippen molar-refractivity contribution in [1.29, 1.82) is 0 Å². The van der Waals surface area contributed by atoms with E-state index in [-0.39, 0.29) is 17.9 Å². The van der Waals surface area contributed by atoms with Crippen LogP contribution in [0.25, 0.3) is 0 Å². The zero-order chi connectivity index (χ0) is 16.3. The third-order valence-corrected chi connectivity index (χ3v) is 4.21. The first-order valence-corrected chi connectivity index (χ1v) is 7.79. The smallest absolute Gasteiger partial charge is 0.319 e. The van der Waals surface area contributed by atoms with Crippen LogP contribution in [-0.4, -0.2) is 48.9 Å². The van der Waals surface area contributed by atoms with Gasteiger partial charge in [0.1, 0.15) is 0 Å². The largest absolute Gasteiger partial charge is 0.331 e. The number of piperidine rings is 1. The number of rotatable bonds is 2. The number of amides is 3. The van der Waals surface area contributed by atoms with Crippen LogP contribution in [-0.2, 0) is 4.79 Å². The van der Waals surface area contributed by atoms with Gasteiger partial charge in [0.15, 0.2) is 0 Å². The number of halogens is 1. The number of benzene rings is 1. The molecule has 0 saturated carbocycles. The van der Waals surface area contributed by atoms with E-state index in [4.69, 9.17) is 11.6 Å². The highest BCUT2D eigenvalue weighted by molar-refractivity contribution is 6.31. The van der Waals surface area contributed by atoms with Crippen LogP contribution in [0.3, 0.4) is 0 Å². The number of carbonyl (C=O) groups is 2. The molecule has 3 amide bonds. The lowest BCUT2D eigenvalue weighted by atomic mass is 9.96. The zero-order valence-corrected chi connectivity index (χ0v) is 14.0. The molecule has 0 aliphatic carbocycles. The molecule has 2 rings (SSSR count). The van der Waals surface area contributed by atoms with Gasteiger partial charge in [0.25, 0.3) is 0 Å². The molecule has 1 aliphatic rings. The average Bonchev–Trinajstić information content (AvgIpc) is 2.50. The Balaban J connectivity index is 1.93. The summed E-state index contributed by atoms with van der Waals surface area (Å²) in [6, 6.07) is 5.46. The molecule has 0 bridgehead atoms. The van der Waals surface area contributed by atoms with E-state index in [9.17, 15) is 9.59 Å². The van der Waals surface area contributed by atoms with Crippen molar-refractivity contribution in [3.8, 4) is 0 Å². The van der Waals surface area contributed by atoms with Gasteiger partial charge in [-0.25, -0.2) is 4.79 Å². The number of anilines is 1. The van der Waals surface area contributed by atoms with Gasteiger partial charge in [-0.3, -0.25) is 4.79 Å². The standard InChI is InChI=1S/C16H22ClN3O2/c1-11-4-5-13(17)10-14(11)18-15(21)12-6-8-20(9-7-12)16(22)19(2)3/h4-5,10,12H,6-9H2,1-3H3,(H,18,21). The average molecular weight is 324 g/mol. The van der Waals surface area contributed by atoms with Gasteiger partial charge < -0.3 is 15.1 Å². The third kappa shape index (κ3) is 3.91. The van der Waals surface area contributed by atoms with Gasteiger partial charge in [0.05, 0.1) is 0 Å². The molecule has 0 atom stereocenters. The van der Waals surface area contributed by atoms with Gasteiger partial charge in [-0.05, 0) is 37.5 Å². The van der Waals surface area contributed by atoms with E-state index in [1.807, 2.05) is 13.0 Å². The number of hydrogen-bond donors (Lipinski definition) is 1. The van der Waals surface area contributed by atoms with E-state index in [1.54, 1.807) is 36.0 Å². The van der Waals surface area contributed by atoms with E-state index in [0.29, 0.717) is 31.0 Å². The second-order valence-corrected chi connectivity index (χ2v) is 6.32. The monoisotopic (exact) mass is 323 g/mol. The Bertz CT molecular complexity index is 567. The highest BCUT2D eigenvalue weighted by Gasteiger charge is 2.28. The first kappa shape index (κ1) is 16.6. The van der Waals surface area contributed by atoms with Crippen molar-refractivity contribution in [2.75, 3.05) is 32.5 Å². The summed E-state index contributed by atoms with van der Waals surface area (Å²) in [5, 5.41) is 3.55. The Morgan fingerprint density at radius 1 is 1.27 bits per heavy atom. The fourth-order valence-corrected chi connectivity index (χ4v) is 2.75. The summed E-state index contributed by atoms with van der Waals surface area (Å²) in [4.78, 5) is 27.6. The minimum absolute atomic E-state index is 0.00215. The van der Waals surface area contributed by atoms with Crippen LogP contribution < -0.4 is 5.32 Å². The zero-order valence-electron chi connectivity index (χ0n) is 13.2. The summed E-state index contributed by atoms with van der Waals surface area (Å²) in [5.74, 6) is -0.0630. The molecule has 0 spiro atoms. The molecular formula is C16H22ClN3O2. The Kier molecular flexibility index (Phi) is 5.29. The van der Waals surface area contributed by atoms with Crippen LogP contribution in [0.4, 0.5) is 10.5 Å². The number of urea groups is 1. The first-order chi connectivity index (χ1) is 10.4. The lowest BCUT2D eigenvalue weighted by Gasteiger charge is -2.33. The quantitative estimate of drug-likeness (QED) is 0.909. The van der Waals surface area contributed by atoms with Gasteiger partial charge in [-0.2, -0.15) is 0 Å². The molecule has 1 heterocycles. The summed E-state index contributed by atoms with van der Waals surface area (Å²) in [7, 11) is 3.48. The number of carbonyl (C=O) groups excluding carboxylic acids is 2. The lowest BCUT2D eigenvalue weighted by molar-refractivity contribution is -0.121. The molecular weight excluding hydrogens is 302 g/mol. The lowest BCUT2D eigenvalue weighted by Crippen LogP contribution is -2.45. The predicted molar refractivity (Wildman–Crippen MR) is 88.2 cm³/mol. The van der Waals surface area contributed by atoms with Gasteiger partial charge in [-0.1, -0.05) is 17.7 Å². The summed E-state index contributed by atoms with van der Waals surface area (Å²) in [6.45, 7) is 3.16. The first-order valence-electron chi connectivity index (χ1n) is 7.41. The Morgan fingerprint density at radius 2 is 1.91 bits per heavy atom. The minimum atomic E-state index is -0.0652. The van der Waals surface area contributed by atoms with Crippen LogP contribution in [0.2, 0.25) is 5.02 Å². The second kappa shape index (κ2) is 7.01. The summed E-state index contributed by atoms with van der Waals surface area (Å²) >= 11 is 5.97. The van der Waals surface area contributed by atoms with Crippen LogP contribution in [0, 0.1) is 12.8 Å². The van der Waals surface area contributed by atoms with Gasteiger partial charge >= 0.3 is 6.03 Å². The molecule has 1 aromatic carbocycles. The van der Waals surface area contributed by atoms with Crippen molar-refractivity contribution in [2.24, 2.45) is 5.92 Å². The number of nitrogens with one attached hydrogen (secondary N) is 1. The van der Waals surface area contributed by atoms with Crippen LogP contribution in [0.1, 0.15) is 18.4 Å². The molecule has 0 radical (unpaired) electrons. The number of aryl methyl sites for hydroxylation is 1. The van der Waals surface area contributed by atoms with E-state index in [1.165, 1.54) is 0 Å². The van der Waals surface area contributed by atoms with E-state index in [0.717, 1.165) is 11.3 Å². The molecule has 0 aromatic heterocycles. The molecule has 22 heavy (non-hydrogen) atoms. The van der Waals surface area contributed by atoms with E-state index >= 15 is 0 Å². The Labute approximate surface area is 136 Å². The van der Waals surface area contributed by atoms with E-state index < -0.39 is 0 Å². The van der Waals surface area contributed by atoms with Gasteiger partial charge in [0, 0.05) is 43.8 Å². The topological polar surface area (TPSA) is 52.7 Å². The van der Waals surface area contributed by atoms with Crippen molar-refractivity contribution in [2.45, 2.75) is 19.8 Å². The number of nitrogens with zero attached hydrogens (tertiary/aromatic N) is 2. The molecule has 1 N–H and O–H groups in total. The molecule has 1 fully saturated rings. The predicted octanol–water partition coefficient (Wildman–Crippen LogP) is 2.98. The van der Waals surface area contributed by atoms with Crippen molar-refractivity contribution >= 4 is 29.2 Å². The SMILES string of the molecule is Cc1ccc(Cl)cc1NC(=O)C1CCN(C(=O)N(C)C)CC1. The van der Waals surface area contributed by atoms with Crippen molar-refractivity contribution in [1.82, 2.24) is 9.80 Å². The molecule has 0 unspecified atom stereocenters. The van der Waals surface area contributed by atoms with Crippen LogP contribution in [0.15, 0.2) is 18.2 Å². The maximum Gasteiger partial charge on any atom is 0.319 e. The maximum absolute atomic E-state index is 12.4. The molecule has 120 valence electrons.